The minimum atomic E-state index is 0.00817. The number of ether oxygens (including phenoxy) is 1. The first-order chi connectivity index (χ1) is 18.1. The fourth-order valence-electron chi connectivity index (χ4n) is 5.16. The van der Waals surface area contributed by atoms with E-state index in [0.29, 0.717) is 53.7 Å². The van der Waals surface area contributed by atoms with Crippen LogP contribution in [-0.2, 0) is 9.53 Å². The Morgan fingerprint density at radius 2 is 2.08 bits per heavy atom. The smallest absolute Gasteiger partial charge is 0.222 e. The predicted octanol–water partition coefficient (Wildman–Crippen LogP) is 3.64. The Bertz CT molecular complexity index is 1410. The van der Waals surface area contributed by atoms with E-state index in [1.807, 2.05) is 29.8 Å². The van der Waals surface area contributed by atoms with Crippen LogP contribution >= 0.6 is 0 Å². The number of aromatic nitrogens is 6. The maximum atomic E-state index is 11.7. The fourth-order valence-corrected chi connectivity index (χ4v) is 5.16. The van der Waals surface area contributed by atoms with Gasteiger partial charge in [-0.05, 0) is 51.2 Å². The SMILES string of the molecule is CCNC(=O)CCO[C@@H]1CC[C@@H](n2nc(-c3noc(C4CC4)c3-c3ccccn3)c3c(N)ncnc32)C1. The molecule has 4 aromatic rings. The molecule has 6 rings (SSSR count). The molecule has 0 bridgehead atoms. The molecule has 0 aromatic carbocycles. The Labute approximate surface area is 213 Å². The number of rotatable bonds is 9. The van der Waals surface area contributed by atoms with Crippen molar-refractivity contribution in [2.24, 2.45) is 0 Å². The molecule has 192 valence electrons. The summed E-state index contributed by atoms with van der Waals surface area (Å²) in [5.41, 5.74) is 9.91. The number of carbonyl (C=O) groups is 1. The van der Waals surface area contributed by atoms with Gasteiger partial charge in [0, 0.05) is 25.1 Å². The third-order valence-corrected chi connectivity index (χ3v) is 7.09. The van der Waals surface area contributed by atoms with E-state index in [-0.39, 0.29) is 18.1 Å². The van der Waals surface area contributed by atoms with E-state index in [2.05, 4.69) is 25.4 Å². The van der Waals surface area contributed by atoms with Gasteiger partial charge in [-0.3, -0.25) is 9.78 Å². The Hall–Kier alpha value is -3.86. The number of fused-ring (bicyclic) bond motifs is 1. The molecule has 4 heterocycles. The zero-order chi connectivity index (χ0) is 25.4. The standard InChI is InChI=1S/C26H30N8O3/c1-2-28-19(35)10-12-36-17-9-8-16(13-17)34-26-21(25(27)30-14-31-26)22(32-34)23-20(18-5-3-4-11-29-18)24(37-33-23)15-6-7-15/h3-5,11,14-17H,2,6-10,12-13H2,1H3,(H,28,35)(H2,27,30,31)/t16-,17-/m1/s1. The molecule has 0 spiro atoms. The number of nitrogens with two attached hydrogens (primary N) is 1. The van der Waals surface area contributed by atoms with Gasteiger partial charge in [-0.2, -0.15) is 5.10 Å². The Morgan fingerprint density at radius 3 is 2.86 bits per heavy atom. The number of nitrogens with one attached hydrogen (secondary N) is 1. The monoisotopic (exact) mass is 502 g/mol. The topological polar surface area (TPSA) is 147 Å². The zero-order valence-corrected chi connectivity index (χ0v) is 20.8. The molecule has 2 atom stereocenters. The number of nitrogens with zero attached hydrogens (tertiary/aromatic N) is 6. The first-order valence-electron chi connectivity index (χ1n) is 12.9. The summed E-state index contributed by atoms with van der Waals surface area (Å²) >= 11 is 0. The summed E-state index contributed by atoms with van der Waals surface area (Å²) in [6, 6.07) is 5.88. The van der Waals surface area contributed by atoms with Gasteiger partial charge in [0.05, 0.1) is 35.4 Å². The van der Waals surface area contributed by atoms with Crippen LogP contribution in [0.3, 0.4) is 0 Å². The van der Waals surface area contributed by atoms with Gasteiger partial charge in [0.1, 0.15) is 29.3 Å². The van der Waals surface area contributed by atoms with Crippen molar-refractivity contribution in [3.63, 3.8) is 0 Å². The average Bonchev–Trinajstić information content (AvgIpc) is 3.31. The van der Waals surface area contributed by atoms with E-state index in [0.717, 1.165) is 49.1 Å². The second-order valence-corrected chi connectivity index (χ2v) is 9.67. The Morgan fingerprint density at radius 1 is 1.19 bits per heavy atom. The van der Waals surface area contributed by atoms with E-state index in [4.69, 9.17) is 20.1 Å². The summed E-state index contributed by atoms with van der Waals surface area (Å²) in [7, 11) is 0. The molecule has 37 heavy (non-hydrogen) atoms. The highest BCUT2D eigenvalue weighted by Crippen LogP contribution is 2.48. The molecule has 0 saturated heterocycles. The van der Waals surface area contributed by atoms with Crippen molar-refractivity contribution in [3.8, 4) is 22.6 Å². The first-order valence-corrected chi connectivity index (χ1v) is 12.9. The number of hydrogen-bond donors (Lipinski definition) is 2. The van der Waals surface area contributed by atoms with Crippen LogP contribution in [0, 0.1) is 0 Å². The van der Waals surface area contributed by atoms with Gasteiger partial charge in [-0.1, -0.05) is 11.2 Å². The maximum Gasteiger partial charge on any atom is 0.222 e. The van der Waals surface area contributed by atoms with Crippen LogP contribution < -0.4 is 11.1 Å². The molecular weight excluding hydrogens is 472 g/mol. The van der Waals surface area contributed by atoms with Gasteiger partial charge in [-0.25, -0.2) is 14.6 Å². The normalized spacial score (nSPS) is 19.5. The molecule has 2 saturated carbocycles. The summed E-state index contributed by atoms with van der Waals surface area (Å²) in [5.74, 6) is 1.54. The quantitative estimate of drug-likeness (QED) is 0.350. The van der Waals surface area contributed by atoms with Crippen molar-refractivity contribution in [1.29, 1.82) is 0 Å². The van der Waals surface area contributed by atoms with Gasteiger partial charge in [0.15, 0.2) is 5.65 Å². The van der Waals surface area contributed by atoms with Crippen LogP contribution in [0.25, 0.3) is 33.7 Å². The van der Waals surface area contributed by atoms with Crippen LogP contribution in [0.15, 0.2) is 35.2 Å². The third-order valence-electron chi connectivity index (χ3n) is 7.09. The number of pyridine rings is 1. The highest BCUT2D eigenvalue weighted by molar-refractivity contribution is 6.00. The van der Waals surface area contributed by atoms with Crippen LogP contribution in [0.2, 0.25) is 0 Å². The predicted molar refractivity (Wildman–Crippen MR) is 136 cm³/mol. The van der Waals surface area contributed by atoms with Gasteiger partial charge in [0.25, 0.3) is 0 Å². The van der Waals surface area contributed by atoms with Crippen molar-refractivity contribution in [3.05, 3.63) is 36.5 Å². The van der Waals surface area contributed by atoms with Crippen LogP contribution in [0.4, 0.5) is 5.82 Å². The van der Waals surface area contributed by atoms with E-state index in [1.54, 1.807) is 6.20 Å². The van der Waals surface area contributed by atoms with E-state index < -0.39 is 0 Å². The lowest BCUT2D eigenvalue weighted by atomic mass is 10.0. The first kappa shape index (κ1) is 23.5. The van der Waals surface area contributed by atoms with E-state index >= 15 is 0 Å². The van der Waals surface area contributed by atoms with Crippen LogP contribution in [0.1, 0.15) is 63.2 Å². The molecule has 0 radical (unpaired) electrons. The lowest BCUT2D eigenvalue weighted by Crippen LogP contribution is -2.24. The third kappa shape index (κ3) is 4.55. The van der Waals surface area contributed by atoms with E-state index in [9.17, 15) is 4.79 Å². The lowest BCUT2D eigenvalue weighted by molar-refractivity contribution is -0.122. The van der Waals surface area contributed by atoms with E-state index in [1.165, 1.54) is 6.33 Å². The average molecular weight is 503 g/mol. The van der Waals surface area contributed by atoms with Crippen molar-refractivity contribution in [1.82, 2.24) is 35.2 Å². The number of hydrogen-bond acceptors (Lipinski definition) is 9. The Balaban J connectivity index is 1.33. The molecule has 11 heteroatoms. The summed E-state index contributed by atoms with van der Waals surface area (Å²) in [5, 5.41) is 13.0. The largest absolute Gasteiger partial charge is 0.383 e. The van der Waals surface area contributed by atoms with Gasteiger partial charge < -0.3 is 20.3 Å². The van der Waals surface area contributed by atoms with Crippen molar-refractivity contribution in [2.45, 2.75) is 63.5 Å². The molecule has 2 aliphatic rings. The molecule has 1 amide bonds. The van der Waals surface area contributed by atoms with Crippen molar-refractivity contribution < 1.29 is 14.1 Å². The Kier molecular flexibility index (Phi) is 6.29. The highest BCUT2D eigenvalue weighted by Gasteiger charge is 2.36. The van der Waals surface area contributed by atoms with Gasteiger partial charge >= 0.3 is 0 Å². The molecule has 3 N–H and O–H groups in total. The summed E-state index contributed by atoms with van der Waals surface area (Å²) in [6.07, 6.45) is 8.32. The second-order valence-electron chi connectivity index (χ2n) is 9.67. The molecule has 0 unspecified atom stereocenters. The van der Waals surface area contributed by atoms with Gasteiger partial charge in [0.2, 0.25) is 5.91 Å². The fraction of sp³-hybridized carbons (Fsp3) is 0.462. The zero-order valence-electron chi connectivity index (χ0n) is 20.8. The van der Waals surface area contributed by atoms with Crippen LogP contribution in [0.5, 0.6) is 0 Å². The number of anilines is 1. The lowest BCUT2D eigenvalue weighted by Gasteiger charge is -2.13. The molecule has 2 fully saturated rings. The van der Waals surface area contributed by atoms with Gasteiger partial charge in [-0.15, -0.1) is 0 Å². The molecule has 0 aliphatic heterocycles. The van der Waals surface area contributed by atoms with Crippen LogP contribution in [-0.4, -0.2) is 55.1 Å². The molecular formula is C26H30N8O3. The minimum absolute atomic E-state index is 0.00817. The maximum absolute atomic E-state index is 11.7. The molecule has 4 aromatic heterocycles. The second kappa shape index (κ2) is 9.89. The van der Waals surface area contributed by atoms with Crippen molar-refractivity contribution >= 4 is 22.8 Å². The summed E-state index contributed by atoms with van der Waals surface area (Å²) in [6.45, 7) is 2.93. The summed E-state index contributed by atoms with van der Waals surface area (Å²) in [4.78, 5) is 25.1. The minimum Gasteiger partial charge on any atom is -0.383 e. The summed E-state index contributed by atoms with van der Waals surface area (Å²) < 4.78 is 13.8. The molecule has 11 nitrogen and oxygen atoms in total. The number of nitrogen functional groups attached to an aromatic ring is 1. The molecule has 2 aliphatic carbocycles. The number of amides is 1. The number of carbonyl (C=O) groups excluding carboxylic acids is 1. The highest BCUT2D eigenvalue weighted by atomic mass is 16.5. The van der Waals surface area contributed by atoms with Crippen molar-refractivity contribution in [2.75, 3.05) is 18.9 Å².